The highest BCUT2D eigenvalue weighted by Gasteiger charge is 2.53. The van der Waals surface area contributed by atoms with Crippen LogP contribution >= 0.6 is 0 Å². The first-order valence-corrected chi connectivity index (χ1v) is 4.21. The maximum atomic E-state index is 5.90. The molecule has 3 nitrogen and oxygen atoms in total. The van der Waals surface area contributed by atoms with Crippen molar-refractivity contribution in [1.29, 1.82) is 0 Å². The van der Waals surface area contributed by atoms with E-state index in [1.54, 1.807) is 0 Å². The van der Waals surface area contributed by atoms with E-state index in [9.17, 15) is 0 Å². The molecule has 1 aliphatic heterocycles. The van der Waals surface area contributed by atoms with Gasteiger partial charge in [-0.25, -0.2) is 0 Å². The number of epoxide rings is 1. The van der Waals surface area contributed by atoms with Gasteiger partial charge in [0.05, 0.1) is 0 Å². The smallest absolute Gasteiger partial charge is 0.142 e. The molecule has 1 fully saturated rings. The monoisotopic (exact) mass is 158 g/mol. The highest BCUT2D eigenvalue weighted by atomic mass is 16.6. The fourth-order valence-electron chi connectivity index (χ4n) is 1.27. The average Bonchev–Trinajstić information content (AvgIpc) is 2.56. The summed E-state index contributed by atoms with van der Waals surface area (Å²) in [6.45, 7) is 6.13. The fraction of sp³-hybridized carbons (Fsp3) is 1.00. The molecular weight excluding hydrogens is 140 g/mol. The van der Waals surface area contributed by atoms with E-state index in [0.29, 0.717) is 5.92 Å². The van der Waals surface area contributed by atoms with Crippen LogP contribution in [0.15, 0.2) is 0 Å². The molecule has 0 bridgehead atoms. The summed E-state index contributed by atoms with van der Waals surface area (Å²) in [6.07, 6.45) is 1.15. The average molecular weight is 158 g/mol. The Balaban J connectivity index is 2.39. The van der Waals surface area contributed by atoms with Gasteiger partial charge in [-0.2, -0.15) is 0 Å². The molecule has 1 saturated heterocycles. The van der Waals surface area contributed by atoms with Gasteiger partial charge in [0.25, 0.3) is 0 Å². The molecule has 1 heterocycles. The Labute approximate surface area is 68.1 Å². The first-order valence-electron chi connectivity index (χ1n) is 4.21. The van der Waals surface area contributed by atoms with Crippen LogP contribution in [0.3, 0.4) is 0 Å². The minimum Gasteiger partial charge on any atom is -0.349 e. The first kappa shape index (κ1) is 8.97. The molecule has 0 aromatic rings. The second-order valence-electron chi connectivity index (χ2n) is 3.69. The lowest BCUT2D eigenvalue weighted by Crippen LogP contribution is -2.39. The zero-order valence-electron chi connectivity index (χ0n) is 7.50. The third kappa shape index (κ3) is 1.72. The number of nitrogens with two attached hydrogens (primary N) is 2. The van der Waals surface area contributed by atoms with E-state index in [0.717, 1.165) is 6.42 Å². The molecule has 2 unspecified atom stereocenters. The van der Waals surface area contributed by atoms with Gasteiger partial charge < -0.3 is 16.2 Å². The standard InChI is InChI=1S/C8H18N2O/c1-4-5(2)6(9)7-8(3,10)11-7/h5-7H,4,9-10H2,1-3H3/t5-,6?,7-,8?/m1/s1. The van der Waals surface area contributed by atoms with Gasteiger partial charge in [-0.15, -0.1) is 0 Å². The Hall–Kier alpha value is -0.120. The molecule has 0 amide bonds. The normalized spacial score (nSPS) is 41.7. The van der Waals surface area contributed by atoms with Crippen molar-refractivity contribution in [1.82, 2.24) is 0 Å². The largest absolute Gasteiger partial charge is 0.349 e. The zero-order chi connectivity index (χ0) is 8.65. The van der Waals surface area contributed by atoms with Crippen LogP contribution in [0.25, 0.3) is 0 Å². The molecule has 11 heavy (non-hydrogen) atoms. The van der Waals surface area contributed by atoms with Gasteiger partial charge in [0, 0.05) is 6.04 Å². The molecule has 0 aromatic carbocycles. The summed E-state index contributed by atoms with van der Waals surface area (Å²) in [4.78, 5) is 0. The molecule has 0 spiro atoms. The van der Waals surface area contributed by atoms with Crippen LogP contribution in [0.4, 0.5) is 0 Å². The van der Waals surface area contributed by atoms with Crippen LogP contribution in [0.5, 0.6) is 0 Å². The number of hydrogen-bond donors (Lipinski definition) is 2. The number of ether oxygens (including phenoxy) is 1. The molecule has 4 atom stereocenters. The van der Waals surface area contributed by atoms with Crippen molar-refractivity contribution >= 4 is 0 Å². The summed E-state index contributed by atoms with van der Waals surface area (Å²) in [5.41, 5.74) is 11.1. The summed E-state index contributed by atoms with van der Waals surface area (Å²) in [5, 5.41) is 0. The highest BCUT2D eigenvalue weighted by molar-refractivity contribution is 5.01. The van der Waals surface area contributed by atoms with Gasteiger partial charge in [0.2, 0.25) is 0 Å². The van der Waals surface area contributed by atoms with Gasteiger partial charge in [-0.1, -0.05) is 20.3 Å². The first-order chi connectivity index (χ1) is 4.99. The van der Waals surface area contributed by atoms with E-state index in [4.69, 9.17) is 16.2 Å². The second-order valence-corrected chi connectivity index (χ2v) is 3.69. The SMILES string of the molecule is CC[C@@H](C)C(N)[C@H]1OC1(C)N. The summed E-state index contributed by atoms with van der Waals surface area (Å²) >= 11 is 0. The number of hydrogen-bond acceptors (Lipinski definition) is 3. The molecule has 4 N–H and O–H groups in total. The minimum absolute atomic E-state index is 0.0671. The Morgan fingerprint density at radius 3 is 2.36 bits per heavy atom. The molecule has 0 aromatic heterocycles. The maximum Gasteiger partial charge on any atom is 0.142 e. The molecule has 1 aliphatic rings. The molecular formula is C8H18N2O. The van der Waals surface area contributed by atoms with Crippen molar-refractivity contribution < 1.29 is 4.74 Å². The lowest BCUT2D eigenvalue weighted by Gasteiger charge is -2.16. The summed E-state index contributed by atoms with van der Waals surface area (Å²) in [6, 6.07) is 0.0926. The van der Waals surface area contributed by atoms with Gasteiger partial charge in [0.15, 0.2) is 0 Å². The molecule has 66 valence electrons. The minimum atomic E-state index is -0.456. The van der Waals surface area contributed by atoms with E-state index in [-0.39, 0.29) is 12.1 Å². The quantitative estimate of drug-likeness (QED) is 0.585. The van der Waals surface area contributed by atoms with Crippen LogP contribution in [0.2, 0.25) is 0 Å². The maximum absolute atomic E-state index is 5.90. The Bertz CT molecular complexity index is 147. The van der Waals surface area contributed by atoms with Crippen molar-refractivity contribution in [3.05, 3.63) is 0 Å². The van der Waals surface area contributed by atoms with Gasteiger partial charge in [-0.05, 0) is 12.8 Å². The van der Waals surface area contributed by atoms with Crippen LogP contribution in [-0.2, 0) is 4.74 Å². The Morgan fingerprint density at radius 2 is 2.09 bits per heavy atom. The van der Waals surface area contributed by atoms with Crippen molar-refractivity contribution in [2.24, 2.45) is 17.4 Å². The van der Waals surface area contributed by atoms with Crippen molar-refractivity contribution in [3.8, 4) is 0 Å². The third-order valence-electron chi connectivity index (χ3n) is 2.54. The van der Waals surface area contributed by atoms with Crippen LogP contribution in [0, 0.1) is 5.92 Å². The van der Waals surface area contributed by atoms with E-state index < -0.39 is 5.72 Å². The fourth-order valence-corrected chi connectivity index (χ4v) is 1.27. The van der Waals surface area contributed by atoms with Crippen LogP contribution in [-0.4, -0.2) is 17.9 Å². The van der Waals surface area contributed by atoms with Gasteiger partial charge >= 0.3 is 0 Å². The molecule has 1 rings (SSSR count). The van der Waals surface area contributed by atoms with E-state index in [1.165, 1.54) is 0 Å². The van der Waals surface area contributed by atoms with Crippen LogP contribution in [0.1, 0.15) is 27.2 Å². The second kappa shape index (κ2) is 2.73. The lowest BCUT2D eigenvalue weighted by atomic mass is 9.95. The molecule has 0 radical (unpaired) electrons. The predicted molar refractivity (Wildman–Crippen MR) is 44.9 cm³/mol. The Morgan fingerprint density at radius 1 is 1.64 bits per heavy atom. The van der Waals surface area contributed by atoms with E-state index in [2.05, 4.69) is 13.8 Å². The van der Waals surface area contributed by atoms with Gasteiger partial charge in [0.1, 0.15) is 11.8 Å². The topological polar surface area (TPSA) is 64.6 Å². The predicted octanol–water partition coefficient (Wildman–Crippen LogP) is 0.434. The molecule has 0 aliphatic carbocycles. The van der Waals surface area contributed by atoms with Crippen molar-refractivity contribution in [2.75, 3.05) is 0 Å². The van der Waals surface area contributed by atoms with Crippen molar-refractivity contribution in [3.63, 3.8) is 0 Å². The summed E-state index contributed by atoms with van der Waals surface area (Å²) in [5.74, 6) is 0.491. The molecule has 0 saturated carbocycles. The van der Waals surface area contributed by atoms with Gasteiger partial charge in [-0.3, -0.25) is 0 Å². The summed E-state index contributed by atoms with van der Waals surface area (Å²) in [7, 11) is 0. The van der Waals surface area contributed by atoms with E-state index >= 15 is 0 Å². The highest BCUT2D eigenvalue weighted by Crippen LogP contribution is 2.34. The van der Waals surface area contributed by atoms with E-state index in [1.807, 2.05) is 6.92 Å². The number of rotatable bonds is 3. The van der Waals surface area contributed by atoms with Crippen molar-refractivity contribution in [2.45, 2.75) is 45.1 Å². The van der Waals surface area contributed by atoms with Crippen LogP contribution < -0.4 is 11.5 Å². The summed E-state index contributed by atoms with van der Waals surface area (Å²) < 4.78 is 5.24. The lowest BCUT2D eigenvalue weighted by molar-refractivity contribution is 0.285. The Kier molecular flexibility index (Phi) is 2.23. The zero-order valence-corrected chi connectivity index (χ0v) is 7.50. The molecule has 3 heteroatoms. The third-order valence-corrected chi connectivity index (χ3v) is 2.54.